The van der Waals surface area contributed by atoms with E-state index in [-0.39, 0.29) is 10.8 Å². The minimum atomic E-state index is -3.50. The van der Waals surface area contributed by atoms with Crippen LogP contribution < -0.4 is 11.3 Å². The Morgan fingerprint density at radius 3 is 2.50 bits per heavy atom. The van der Waals surface area contributed by atoms with Gasteiger partial charge in [-0.05, 0) is 18.8 Å². The summed E-state index contributed by atoms with van der Waals surface area (Å²) in [6.45, 7) is 0.555. The smallest absolute Gasteiger partial charge is 0.245 e. The molecule has 2 rings (SSSR count). The third-order valence-corrected chi connectivity index (χ3v) is 4.98. The molecule has 0 atom stereocenters. The van der Waals surface area contributed by atoms with Crippen molar-refractivity contribution >= 4 is 16.0 Å². The van der Waals surface area contributed by atoms with Crippen LogP contribution in [0, 0.1) is 5.92 Å². The first kappa shape index (κ1) is 13.2. The fourth-order valence-electron chi connectivity index (χ4n) is 1.84. The topological polar surface area (TPSA) is 101 Å². The summed E-state index contributed by atoms with van der Waals surface area (Å²) in [7, 11) is -1.91. The fourth-order valence-corrected chi connectivity index (χ4v) is 2.98. The fraction of sp³-hybridized carbons (Fsp3) is 0.600. The summed E-state index contributed by atoms with van der Waals surface area (Å²) in [4.78, 5) is 7.70. The summed E-state index contributed by atoms with van der Waals surface area (Å²) < 4.78 is 25.8. The zero-order chi connectivity index (χ0) is 13.2. The number of nitrogens with one attached hydrogen (secondary N) is 1. The predicted molar refractivity (Wildman–Crippen MR) is 67.0 cm³/mol. The van der Waals surface area contributed by atoms with E-state index in [2.05, 4.69) is 15.4 Å². The molecule has 0 bridgehead atoms. The van der Waals surface area contributed by atoms with Gasteiger partial charge in [0.25, 0.3) is 0 Å². The van der Waals surface area contributed by atoms with Gasteiger partial charge < -0.3 is 0 Å². The maximum absolute atomic E-state index is 12.2. The van der Waals surface area contributed by atoms with Crippen LogP contribution in [0.2, 0.25) is 0 Å². The largest absolute Gasteiger partial charge is 0.292 e. The molecule has 0 aromatic carbocycles. The van der Waals surface area contributed by atoms with Gasteiger partial charge >= 0.3 is 0 Å². The molecule has 0 saturated heterocycles. The lowest BCUT2D eigenvalue weighted by Crippen LogP contribution is -2.34. The van der Waals surface area contributed by atoms with Gasteiger partial charge in [-0.2, -0.15) is 0 Å². The number of nitrogens with zero attached hydrogens (tertiary/aromatic N) is 3. The van der Waals surface area contributed by atoms with Crippen LogP contribution in [0.4, 0.5) is 5.95 Å². The number of hydrogen-bond donors (Lipinski definition) is 2. The molecular formula is C10H17N5O2S. The molecule has 1 heterocycles. The zero-order valence-corrected chi connectivity index (χ0v) is 11.0. The van der Waals surface area contributed by atoms with Crippen LogP contribution in [0.1, 0.15) is 19.3 Å². The second kappa shape index (κ2) is 5.17. The van der Waals surface area contributed by atoms with Crippen LogP contribution in [0.15, 0.2) is 17.3 Å². The quantitative estimate of drug-likeness (QED) is 0.585. The van der Waals surface area contributed by atoms with Gasteiger partial charge in [-0.1, -0.05) is 6.42 Å². The summed E-state index contributed by atoms with van der Waals surface area (Å²) in [5.41, 5.74) is 2.25. The van der Waals surface area contributed by atoms with E-state index in [0.29, 0.717) is 12.5 Å². The number of nitrogen functional groups attached to an aromatic ring is 1. The van der Waals surface area contributed by atoms with E-state index in [4.69, 9.17) is 5.84 Å². The van der Waals surface area contributed by atoms with Gasteiger partial charge in [0, 0.05) is 13.6 Å². The predicted octanol–water partition coefficient (Wildman–Crippen LogP) is 0.183. The normalized spacial score (nSPS) is 16.6. The highest BCUT2D eigenvalue weighted by Gasteiger charge is 2.27. The Hall–Kier alpha value is -1.25. The molecule has 0 unspecified atom stereocenters. The highest BCUT2D eigenvalue weighted by atomic mass is 32.2. The average Bonchev–Trinajstić information content (AvgIpc) is 2.33. The Labute approximate surface area is 106 Å². The summed E-state index contributed by atoms with van der Waals surface area (Å²) in [5, 5.41) is 0. The average molecular weight is 271 g/mol. The van der Waals surface area contributed by atoms with Crippen molar-refractivity contribution in [2.24, 2.45) is 11.8 Å². The molecule has 0 spiro atoms. The van der Waals surface area contributed by atoms with Crippen molar-refractivity contribution in [3.05, 3.63) is 12.4 Å². The van der Waals surface area contributed by atoms with Gasteiger partial charge in [0.2, 0.25) is 16.0 Å². The van der Waals surface area contributed by atoms with E-state index < -0.39 is 10.0 Å². The molecule has 1 aliphatic rings. The maximum atomic E-state index is 12.2. The van der Waals surface area contributed by atoms with Crippen LogP contribution in [0.3, 0.4) is 0 Å². The van der Waals surface area contributed by atoms with E-state index in [1.54, 1.807) is 7.05 Å². The van der Waals surface area contributed by atoms with Crippen molar-refractivity contribution in [1.82, 2.24) is 14.3 Å². The Kier molecular flexibility index (Phi) is 3.79. The Balaban J connectivity index is 2.12. The van der Waals surface area contributed by atoms with Crippen molar-refractivity contribution in [1.29, 1.82) is 0 Å². The summed E-state index contributed by atoms with van der Waals surface area (Å²) in [6.07, 6.45) is 5.92. The molecule has 1 aromatic heterocycles. The number of anilines is 1. The lowest BCUT2D eigenvalue weighted by molar-refractivity contribution is 0.263. The van der Waals surface area contributed by atoms with Crippen LogP contribution in [0.25, 0.3) is 0 Å². The van der Waals surface area contributed by atoms with Gasteiger partial charge in [-0.3, -0.25) is 5.43 Å². The standard InChI is InChI=1S/C10H17N5O2S/c1-15(7-8-3-2-4-8)18(16,17)9-5-12-10(14-11)13-6-9/h5-6,8H,2-4,7,11H2,1H3,(H,12,13,14). The summed E-state index contributed by atoms with van der Waals surface area (Å²) in [5.74, 6) is 5.80. The molecule has 1 aliphatic carbocycles. The molecule has 100 valence electrons. The van der Waals surface area contributed by atoms with Crippen molar-refractivity contribution in [2.75, 3.05) is 19.0 Å². The van der Waals surface area contributed by atoms with Crippen LogP contribution in [-0.2, 0) is 10.0 Å². The highest BCUT2D eigenvalue weighted by molar-refractivity contribution is 7.89. The van der Waals surface area contributed by atoms with Crippen LogP contribution in [0.5, 0.6) is 0 Å². The molecular weight excluding hydrogens is 254 g/mol. The van der Waals surface area contributed by atoms with Crippen molar-refractivity contribution in [3.8, 4) is 0 Å². The highest BCUT2D eigenvalue weighted by Crippen LogP contribution is 2.28. The first-order chi connectivity index (χ1) is 8.54. The lowest BCUT2D eigenvalue weighted by atomic mass is 9.86. The number of hydrazine groups is 1. The van der Waals surface area contributed by atoms with Gasteiger partial charge in [-0.25, -0.2) is 28.5 Å². The first-order valence-corrected chi connectivity index (χ1v) is 7.23. The molecule has 0 radical (unpaired) electrons. The summed E-state index contributed by atoms with van der Waals surface area (Å²) >= 11 is 0. The zero-order valence-electron chi connectivity index (χ0n) is 10.2. The van der Waals surface area contributed by atoms with Crippen LogP contribution >= 0.6 is 0 Å². The van der Waals surface area contributed by atoms with Crippen molar-refractivity contribution in [2.45, 2.75) is 24.2 Å². The lowest BCUT2D eigenvalue weighted by Gasteiger charge is -2.29. The van der Waals surface area contributed by atoms with Gasteiger partial charge in [0.05, 0.1) is 12.4 Å². The third-order valence-electron chi connectivity index (χ3n) is 3.21. The molecule has 1 aromatic rings. The van der Waals surface area contributed by atoms with Gasteiger partial charge in [0.1, 0.15) is 4.90 Å². The molecule has 8 heteroatoms. The Bertz CT molecular complexity index is 498. The molecule has 7 nitrogen and oxygen atoms in total. The minimum absolute atomic E-state index is 0.0864. The third kappa shape index (κ3) is 2.60. The maximum Gasteiger partial charge on any atom is 0.245 e. The molecule has 1 saturated carbocycles. The van der Waals surface area contributed by atoms with E-state index in [9.17, 15) is 8.42 Å². The Morgan fingerprint density at radius 2 is 2.06 bits per heavy atom. The number of hydrogen-bond acceptors (Lipinski definition) is 6. The van der Waals surface area contributed by atoms with E-state index in [0.717, 1.165) is 12.8 Å². The van der Waals surface area contributed by atoms with Crippen LogP contribution in [-0.4, -0.2) is 36.3 Å². The second-order valence-electron chi connectivity index (χ2n) is 4.47. The van der Waals surface area contributed by atoms with E-state index >= 15 is 0 Å². The first-order valence-electron chi connectivity index (χ1n) is 5.79. The minimum Gasteiger partial charge on any atom is -0.292 e. The van der Waals surface area contributed by atoms with Gasteiger partial charge in [-0.15, -0.1) is 0 Å². The van der Waals surface area contributed by atoms with Crippen molar-refractivity contribution < 1.29 is 8.42 Å². The molecule has 3 N–H and O–H groups in total. The van der Waals surface area contributed by atoms with Gasteiger partial charge in [0.15, 0.2) is 0 Å². The molecule has 0 amide bonds. The number of aromatic nitrogens is 2. The second-order valence-corrected chi connectivity index (χ2v) is 6.51. The SMILES string of the molecule is CN(CC1CCC1)S(=O)(=O)c1cnc(NN)nc1. The van der Waals surface area contributed by atoms with E-state index in [1.807, 2.05) is 0 Å². The molecule has 1 fully saturated rings. The molecule has 18 heavy (non-hydrogen) atoms. The number of sulfonamides is 1. The summed E-state index contributed by atoms with van der Waals surface area (Å²) in [6, 6.07) is 0. The monoisotopic (exact) mass is 271 g/mol. The Morgan fingerprint density at radius 1 is 1.44 bits per heavy atom. The van der Waals surface area contributed by atoms with E-state index in [1.165, 1.54) is 23.1 Å². The number of rotatable bonds is 5. The molecule has 0 aliphatic heterocycles. The van der Waals surface area contributed by atoms with Crippen molar-refractivity contribution in [3.63, 3.8) is 0 Å². The number of nitrogens with two attached hydrogens (primary N) is 1.